The zero-order chi connectivity index (χ0) is 14.6. The number of halogens is 3. The Morgan fingerprint density at radius 2 is 2.20 bits per heavy atom. The van der Waals surface area contributed by atoms with Gasteiger partial charge in [0, 0.05) is 6.54 Å². The van der Waals surface area contributed by atoms with E-state index >= 15 is 0 Å². The molecule has 1 aliphatic rings. The first-order chi connectivity index (χ1) is 9.47. The molecule has 0 bridgehead atoms. The van der Waals surface area contributed by atoms with Crippen LogP contribution >= 0.6 is 0 Å². The molecule has 1 aliphatic heterocycles. The fraction of sp³-hybridized carbons (Fsp3) is 0.385. The third kappa shape index (κ3) is 3.80. The van der Waals surface area contributed by atoms with Crippen LogP contribution < -0.4 is 10.6 Å². The summed E-state index contributed by atoms with van der Waals surface area (Å²) in [4.78, 5) is 15.0. The van der Waals surface area contributed by atoms with E-state index in [1.54, 1.807) is 12.1 Å². The van der Waals surface area contributed by atoms with E-state index in [9.17, 15) is 18.0 Å². The molecule has 2 N–H and O–H groups in total. The number of aromatic nitrogens is 1. The fourth-order valence-electron chi connectivity index (χ4n) is 1.88. The molecule has 108 valence electrons. The van der Waals surface area contributed by atoms with Crippen LogP contribution in [0, 0.1) is 0 Å². The van der Waals surface area contributed by atoms with Crippen LogP contribution in [0.5, 0.6) is 0 Å². The van der Waals surface area contributed by atoms with Gasteiger partial charge in [-0.3, -0.25) is 9.78 Å². The van der Waals surface area contributed by atoms with E-state index in [-0.39, 0.29) is 6.54 Å². The molecule has 1 aromatic rings. The summed E-state index contributed by atoms with van der Waals surface area (Å²) in [7, 11) is 0. The molecule has 0 spiro atoms. The molecule has 0 aromatic carbocycles. The Labute approximate surface area is 114 Å². The van der Waals surface area contributed by atoms with Gasteiger partial charge in [-0.2, -0.15) is 13.2 Å². The van der Waals surface area contributed by atoms with E-state index in [2.05, 4.69) is 10.3 Å². The van der Waals surface area contributed by atoms with Crippen molar-refractivity contribution in [1.29, 1.82) is 0 Å². The molecular weight excluding hydrogens is 271 g/mol. The van der Waals surface area contributed by atoms with Gasteiger partial charge in [0.05, 0.1) is 17.9 Å². The summed E-state index contributed by atoms with van der Waals surface area (Å²) in [5, 5.41) is 4.98. The molecule has 2 rings (SSSR count). The van der Waals surface area contributed by atoms with Gasteiger partial charge in [-0.25, -0.2) is 0 Å². The van der Waals surface area contributed by atoms with Gasteiger partial charge in [-0.1, -0.05) is 12.1 Å². The molecule has 0 fully saturated rings. The summed E-state index contributed by atoms with van der Waals surface area (Å²) >= 11 is 0. The number of carbonyl (C=O) groups is 1. The SMILES string of the molecule is O=C(NCc1cccc(C2=CCNCC2)n1)C(F)(F)F. The Kier molecular flexibility index (Phi) is 4.39. The van der Waals surface area contributed by atoms with Gasteiger partial charge in [0.2, 0.25) is 0 Å². The molecule has 2 heterocycles. The molecule has 0 saturated heterocycles. The highest BCUT2D eigenvalue weighted by atomic mass is 19.4. The van der Waals surface area contributed by atoms with E-state index in [0.717, 1.165) is 30.8 Å². The second-order valence-corrected chi connectivity index (χ2v) is 4.38. The predicted molar refractivity (Wildman–Crippen MR) is 67.6 cm³/mol. The van der Waals surface area contributed by atoms with Crippen LogP contribution in [0.15, 0.2) is 24.3 Å². The largest absolute Gasteiger partial charge is 0.471 e. The van der Waals surface area contributed by atoms with Crippen LogP contribution in [0.1, 0.15) is 17.8 Å². The molecule has 0 unspecified atom stereocenters. The van der Waals surface area contributed by atoms with Crippen molar-refractivity contribution in [3.8, 4) is 0 Å². The molecule has 1 aromatic heterocycles. The van der Waals surface area contributed by atoms with Crippen molar-refractivity contribution in [2.24, 2.45) is 0 Å². The average molecular weight is 285 g/mol. The van der Waals surface area contributed by atoms with Gasteiger partial charge in [0.25, 0.3) is 0 Å². The summed E-state index contributed by atoms with van der Waals surface area (Å²) in [5.41, 5.74) is 2.21. The van der Waals surface area contributed by atoms with Gasteiger partial charge in [-0.05, 0) is 30.7 Å². The van der Waals surface area contributed by atoms with Crippen LogP contribution in [0.2, 0.25) is 0 Å². The summed E-state index contributed by atoms with van der Waals surface area (Å²) in [6, 6.07) is 5.12. The van der Waals surface area contributed by atoms with Gasteiger partial charge < -0.3 is 10.6 Å². The van der Waals surface area contributed by atoms with Gasteiger partial charge in [-0.15, -0.1) is 0 Å². The van der Waals surface area contributed by atoms with E-state index < -0.39 is 12.1 Å². The van der Waals surface area contributed by atoms with Crippen molar-refractivity contribution in [3.63, 3.8) is 0 Å². The molecule has 4 nitrogen and oxygen atoms in total. The average Bonchev–Trinajstić information content (AvgIpc) is 2.45. The molecule has 0 saturated carbocycles. The summed E-state index contributed by atoms with van der Waals surface area (Å²) in [5.74, 6) is -1.95. The number of pyridine rings is 1. The highest BCUT2D eigenvalue weighted by Gasteiger charge is 2.38. The number of carbonyl (C=O) groups excluding carboxylic acids is 1. The molecular formula is C13H14F3N3O. The maximum atomic E-state index is 12.1. The van der Waals surface area contributed by atoms with Crippen LogP contribution in [-0.2, 0) is 11.3 Å². The Morgan fingerprint density at radius 3 is 2.85 bits per heavy atom. The van der Waals surface area contributed by atoms with Crippen molar-refractivity contribution < 1.29 is 18.0 Å². The van der Waals surface area contributed by atoms with Crippen LogP contribution in [0.25, 0.3) is 5.57 Å². The summed E-state index contributed by atoms with van der Waals surface area (Å²) < 4.78 is 36.2. The summed E-state index contributed by atoms with van der Waals surface area (Å²) in [6.07, 6.45) is -2.04. The molecule has 1 amide bonds. The lowest BCUT2D eigenvalue weighted by molar-refractivity contribution is -0.173. The van der Waals surface area contributed by atoms with Gasteiger partial charge >= 0.3 is 12.1 Å². The van der Waals surface area contributed by atoms with E-state index in [1.807, 2.05) is 17.5 Å². The lowest BCUT2D eigenvalue weighted by atomic mass is 10.1. The lowest BCUT2D eigenvalue weighted by Crippen LogP contribution is -2.36. The van der Waals surface area contributed by atoms with Gasteiger partial charge in [0.15, 0.2) is 0 Å². The maximum absolute atomic E-state index is 12.1. The third-order valence-corrected chi connectivity index (χ3v) is 2.89. The number of nitrogens with zero attached hydrogens (tertiary/aromatic N) is 1. The minimum absolute atomic E-state index is 0.238. The van der Waals surface area contributed by atoms with Crippen molar-refractivity contribution in [3.05, 3.63) is 35.7 Å². The fourth-order valence-corrected chi connectivity index (χ4v) is 1.88. The third-order valence-electron chi connectivity index (χ3n) is 2.89. The van der Waals surface area contributed by atoms with Gasteiger partial charge in [0.1, 0.15) is 0 Å². The standard InChI is InChI=1S/C13H14F3N3O/c14-13(15,16)12(20)18-8-10-2-1-3-11(19-10)9-4-6-17-7-5-9/h1-4,17H,5-8H2,(H,18,20). The Balaban J connectivity index is 2.03. The predicted octanol–water partition coefficient (Wildman–Crippen LogP) is 1.64. The van der Waals surface area contributed by atoms with Crippen molar-refractivity contribution in [2.45, 2.75) is 19.1 Å². The second-order valence-electron chi connectivity index (χ2n) is 4.38. The van der Waals surface area contributed by atoms with Crippen LogP contribution in [0.4, 0.5) is 13.2 Å². The molecule has 7 heteroatoms. The van der Waals surface area contributed by atoms with Crippen molar-refractivity contribution >= 4 is 11.5 Å². The highest BCUT2D eigenvalue weighted by molar-refractivity contribution is 5.81. The number of rotatable bonds is 3. The minimum Gasteiger partial charge on any atom is -0.343 e. The number of hydrogen-bond acceptors (Lipinski definition) is 3. The Morgan fingerprint density at radius 1 is 1.40 bits per heavy atom. The van der Waals surface area contributed by atoms with Crippen LogP contribution in [0.3, 0.4) is 0 Å². The molecule has 0 atom stereocenters. The topological polar surface area (TPSA) is 54.0 Å². The number of amides is 1. The first kappa shape index (κ1) is 14.5. The smallest absolute Gasteiger partial charge is 0.343 e. The molecule has 0 radical (unpaired) electrons. The normalized spacial score (nSPS) is 15.7. The Hall–Kier alpha value is -1.89. The number of hydrogen-bond donors (Lipinski definition) is 2. The quantitative estimate of drug-likeness (QED) is 0.887. The first-order valence-corrected chi connectivity index (χ1v) is 6.18. The first-order valence-electron chi connectivity index (χ1n) is 6.18. The van der Waals surface area contributed by atoms with E-state index in [4.69, 9.17) is 0 Å². The number of nitrogens with one attached hydrogen (secondary N) is 2. The molecule has 20 heavy (non-hydrogen) atoms. The Bertz CT molecular complexity index is 526. The second kappa shape index (κ2) is 6.04. The lowest BCUT2D eigenvalue weighted by Gasteiger charge is -2.14. The molecule has 0 aliphatic carbocycles. The zero-order valence-corrected chi connectivity index (χ0v) is 10.6. The monoisotopic (exact) mass is 285 g/mol. The zero-order valence-electron chi connectivity index (χ0n) is 10.6. The highest BCUT2D eigenvalue weighted by Crippen LogP contribution is 2.18. The van der Waals surface area contributed by atoms with E-state index in [0.29, 0.717) is 5.69 Å². The van der Waals surface area contributed by atoms with Crippen molar-refractivity contribution in [2.75, 3.05) is 13.1 Å². The maximum Gasteiger partial charge on any atom is 0.471 e. The summed E-state index contributed by atoms with van der Waals surface area (Å²) in [6.45, 7) is 1.37. The minimum atomic E-state index is -4.87. The van der Waals surface area contributed by atoms with Crippen LogP contribution in [-0.4, -0.2) is 30.2 Å². The number of alkyl halides is 3. The van der Waals surface area contributed by atoms with Crippen molar-refractivity contribution in [1.82, 2.24) is 15.6 Å². The van der Waals surface area contributed by atoms with E-state index in [1.165, 1.54) is 0 Å².